The Morgan fingerprint density at radius 3 is 2.29 bits per heavy atom. The van der Waals surface area contributed by atoms with Gasteiger partial charge in [-0.3, -0.25) is 14.6 Å². The fourth-order valence-corrected chi connectivity index (χ4v) is 7.60. The summed E-state index contributed by atoms with van der Waals surface area (Å²) in [5.74, 6) is 1.87. The van der Waals surface area contributed by atoms with Crippen LogP contribution in [0.2, 0.25) is 0 Å². The van der Waals surface area contributed by atoms with Crippen molar-refractivity contribution in [3.8, 4) is 17.2 Å². The SMILES string of the molecule is C/C=C\C=C/c1cnc(C(=O)C2CCN(CCC3(c4ccccc4)CCN(C(=O)c4cc(OC)c(OC)c(OC)c4)C3)CC2)n1Cc1ccncc1. The molecule has 2 fully saturated rings. The maximum Gasteiger partial charge on any atom is 0.254 e. The second-order valence-corrected chi connectivity index (χ2v) is 13.6. The molecule has 10 nitrogen and oxygen atoms in total. The molecule has 4 heterocycles. The molecular formula is C42H49N5O5. The zero-order chi connectivity index (χ0) is 36.5. The Kier molecular flexibility index (Phi) is 11.9. The lowest BCUT2D eigenvalue weighted by molar-refractivity contribution is 0.0777. The number of hydrogen-bond donors (Lipinski definition) is 0. The van der Waals surface area contributed by atoms with Gasteiger partial charge in [0.2, 0.25) is 11.5 Å². The third-order valence-electron chi connectivity index (χ3n) is 10.6. The van der Waals surface area contributed by atoms with Crippen molar-refractivity contribution in [3.63, 3.8) is 0 Å². The lowest BCUT2D eigenvalue weighted by atomic mass is 9.76. The number of benzene rings is 2. The molecule has 0 radical (unpaired) electrons. The summed E-state index contributed by atoms with van der Waals surface area (Å²) in [7, 11) is 4.67. The fourth-order valence-electron chi connectivity index (χ4n) is 7.60. The van der Waals surface area contributed by atoms with Crippen LogP contribution in [0.15, 0.2) is 91.4 Å². The highest BCUT2D eigenvalue weighted by Crippen LogP contribution is 2.41. The number of ketones is 1. The Balaban J connectivity index is 1.13. The van der Waals surface area contributed by atoms with Gasteiger partial charge in [-0.25, -0.2) is 4.98 Å². The van der Waals surface area contributed by atoms with Crippen LogP contribution in [0.5, 0.6) is 17.2 Å². The van der Waals surface area contributed by atoms with Gasteiger partial charge in [-0.05, 0) is 93.7 Å². The van der Waals surface area contributed by atoms with Gasteiger partial charge >= 0.3 is 0 Å². The molecule has 0 N–H and O–H groups in total. The molecule has 0 bridgehead atoms. The Morgan fingerprint density at radius 2 is 1.63 bits per heavy atom. The molecule has 1 amide bonds. The van der Waals surface area contributed by atoms with Crippen LogP contribution in [-0.2, 0) is 12.0 Å². The molecule has 2 saturated heterocycles. The zero-order valence-electron chi connectivity index (χ0n) is 30.7. The minimum atomic E-state index is -0.182. The Morgan fingerprint density at radius 1 is 0.923 bits per heavy atom. The van der Waals surface area contributed by atoms with Gasteiger partial charge in [-0.2, -0.15) is 0 Å². The van der Waals surface area contributed by atoms with Gasteiger partial charge in [0, 0.05) is 48.9 Å². The molecule has 4 aromatic rings. The molecule has 52 heavy (non-hydrogen) atoms. The molecular weight excluding hydrogens is 654 g/mol. The van der Waals surface area contributed by atoms with Crippen molar-refractivity contribution in [2.24, 2.45) is 5.92 Å². The number of nitrogens with zero attached hydrogens (tertiary/aromatic N) is 5. The topological polar surface area (TPSA) is 99.0 Å². The molecule has 0 saturated carbocycles. The first kappa shape index (κ1) is 36.6. The maximum atomic E-state index is 14.0. The summed E-state index contributed by atoms with van der Waals surface area (Å²) < 4.78 is 18.6. The van der Waals surface area contributed by atoms with Crippen LogP contribution in [0, 0.1) is 5.92 Å². The number of allylic oxidation sites excluding steroid dienone is 3. The summed E-state index contributed by atoms with van der Waals surface area (Å²) in [6, 6.07) is 18.0. The highest BCUT2D eigenvalue weighted by atomic mass is 16.5. The molecule has 2 aromatic heterocycles. The number of imidazole rings is 1. The summed E-state index contributed by atoms with van der Waals surface area (Å²) in [5.41, 5.74) is 3.54. The standard InChI is InChI=1S/C42H49N5O5/c1-5-6-8-13-35-28-44-40(47(35)29-31-14-20-43-21-15-31)38(48)32-16-22-45(23-17-32)24-18-42(34-11-9-7-10-12-34)19-25-46(30-42)41(49)33-26-36(50-2)39(52-4)37(27-33)51-3/h5-15,20-21,26-28,32H,16-19,22-25,29-30H2,1-4H3/b6-5-,13-8-. The van der Waals surface area contributed by atoms with E-state index in [2.05, 4.69) is 39.1 Å². The predicted octanol–water partition coefficient (Wildman–Crippen LogP) is 6.71. The number of aromatic nitrogens is 3. The fraction of sp³-hybridized carbons (Fsp3) is 0.381. The van der Waals surface area contributed by atoms with E-state index in [0.717, 1.165) is 56.6 Å². The zero-order valence-corrected chi connectivity index (χ0v) is 30.7. The number of carbonyl (C=O) groups is 2. The molecule has 0 aliphatic carbocycles. The van der Waals surface area contributed by atoms with Gasteiger partial charge < -0.3 is 28.6 Å². The van der Waals surface area contributed by atoms with E-state index in [-0.39, 0.29) is 23.0 Å². The van der Waals surface area contributed by atoms with Gasteiger partial charge in [0.25, 0.3) is 5.91 Å². The van der Waals surface area contributed by atoms with Crippen molar-refractivity contribution in [3.05, 3.63) is 120 Å². The summed E-state index contributed by atoms with van der Waals surface area (Å²) in [4.78, 5) is 41.1. The first-order valence-electron chi connectivity index (χ1n) is 18.0. The van der Waals surface area contributed by atoms with E-state index < -0.39 is 0 Å². The van der Waals surface area contributed by atoms with E-state index >= 15 is 0 Å². The normalized spacial score (nSPS) is 18.3. The smallest absolute Gasteiger partial charge is 0.254 e. The second-order valence-electron chi connectivity index (χ2n) is 13.6. The van der Waals surface area contributed by atoms with Crippen molar-refractivity contribution in [2.75, 3.05) is 54.1 Å². The van der Waals surface area contributed by atoms with Crippen LogP contribution >= 0.6 is 0 Å². The van der Waals surface area contributed by atoms with Gasteiger partial charge in [-0.15, -0.1) is 0 Å². The van der Waals surface area contributed by atoms with E-state index in [1.807, 2.05) is 58.9 Å². The molecule has 2 aromatic carbocycles. The molecule has 10 heteroatoms. The first-order valence-corrected chi connectivity index (χ1v) is 18.0. The number of likely N-dealkylation sites (tertiary alicyclic amines) is 2. The van der Waals surface area contributed by atoms with E-state index in [4.69, 9.17) is 14.2 Å². The summed E-state index contributed by atoms with van der Waals surface area (Å²) in [6.07, 6.45) is 16.6. The van der Waals surface area contributed by atoms with Crippen LogP contribution in [0.3, 0.4) is 0 Å². The highest BCUT2D eigenvalue weighted by molar-refractivity contribution is 5.96. The van der Waals surface area contributed by atoms with Gasteiger partial charge in [0.15, 0.2) is 17.3 Å². The summed E-state index contributed by atoms with van der Waals surface area (Å²) in [6.45, 7) is 6.37. The minimum Gasteiger partial charge on any atom is -0.493 e. The van der Waals surface area contributed by atoms with Crippen molar-refractivity contribution in [1.29, 1.82) is 0 Å². The predicted molar refractivity (Wildman–Crippen MR) is 202 cm³/mol. The van der Waals surface area contributed by atoms with E-state index in [1.54, 1.807) is 52.1 Å². The number of carbonyl (C=O) groups excluding carboxylic acids is 2. The number of methoxy groups -OCH3 is 3. The Bertz CT molecular complexity index is 1860. The lowest BCUT2D eigenvalue weighted by Crippen LogP contribution is -2.41. The monoisotopic (exact) mass is 703 g/mol. The number of hydrogen-bond acceptors (Lipinski definition) is 8. The van der Waals surface area contributed by atoms with Crippen molar-refractivity contribution < 1.29 is 23.8 Å². The lowest BCUT2D eigenvalue weighted by Gasteiger charge is -2.36. The third-order valence-corrected chi connectivity index (χ3v) is 10.6. The molecule has 2 aliphatic heterocycles. The van der Waals surface area contributed by atoms with Gasteiger partial charge in [0.05, 0.1) is 33.2 Å². The average Bonchev–Trinajstić information content (AvgIpc) is 3.82. The van der Waals surface area contributed by atoms with Gasteiger partial charge in [-0.1, -0.05) is 48.6 Å². The third kappa shape index (κ3) is 7.97. The van der Waals surface area contributed by atoms with Crippen LogP contribution in [0.25, 0.3) is 6.08 Å². The molecule has 272 valence electrons. The van der Waals surface area contributed by atoms with Crippen LogP contribution in [-0.4, -0.2) is 90.1 Å². The highest BCUT2D eigenvalue weighted by Gasteiger charge is 2.42. The quantitative estimate of drug-likeness (QED) is 0.106. The Labute approximate surface area is 306 Å². The Hall–Kier alpha value is -5.22. The number of piperidine rings is 1. The molecule has 6 rings (SSSR count). The average molecular weight is 704 g/mol. The van der Waals surface area contributed by atoms with Crippen LogP contribution < -0.4 is 14.2 Å². The largest absolute Gasteiger partial charge is 0.493 e. The number of Topliss-reactive ketones (excluding diaryl/α,β-unsaturated/α-hetero) is 1. The maximum absolute atomic E-state index is 14.0. The summed E-state index contributed by atoms with van der Waals surface area (Å²) in [5, 5.41) is 0. The second kappa shape index (κ2) is 16.9. The molecule has 1 atom stereocenters. The molecule has 1 unspecified atom stereocenters. The van der Waals surface area contributed by atoms with Crippen molar-refractivity contribution in [1.82, 2.24) is 24.3 Å². The first-order chi connectivity index (χ1) is 25.4. The molecule has 2 aliphatic rings. The van der Waals surface area contributed by atoms with E-state index in [1.165, 1.54) is 5.56 Å². The van der Waals surface area contributed by atoms with Gasteiger partial charge in [0.1, 0.15) is 0 Å². The number of rotatable bonds is 14. The van der Waals surface area contributed by atoms with Crippen molar-refractivity contribution >= 4 is 17.8 Å². The molecule has 0 spiro atoms. The number of pyridine rings is 1. The van der Waals surface area contributed by atoms with E-state index in [0.29, 0.717) is 48.3 Å². The van der Waals surface area contributed by atoms with Crippen molar-refractivity contribution in [2.45, 2.75) is 44.6 Å². The number of ether oxygens (including phenoxy) is 3. The van der Waals surface area contributed by atoms with Crippen LogP contribution in [0.1, 0.15) is 70.4 Å². The minimum absolute atomic E-state index is 0.0563. The van der Waals surface area contributed by atoms with E-state index in [9.17, 15) is 9.59 Å². The van der Waals surface area contributed by atoms with Crippen LogP contribution in [0.4, 0.5) is 0 Å². The number of amides is 1. The summed E-state index contributed by atoms with van der Waals surface area (Å²) >= 11 is 0.